The predicted molar refractivity (Wildman–Crippen MR) is 93.9 cm³/mol. The Morgan fingerprint density at radius 1 is 0.958 bits per heavy atom. The summed E-state index contributed by atoms with van der Waals surface area (Å²) in [6.07, 6.45) is 9.35. The maximum absolute atomic E-state index is 11.2. The molecule has 3 N–H and O–H groups in total. The molecule has 1 aromatic carbocycles. The normalized spacial score (nSPS) is 10.9. The van der Waals surface area contributed by atoms with Crippen LogP contribution < -0.4 is 0 Å². The second-order valence-corrected chi connectivity index (χ2v) is 6.11. The van der Waals surface area contributed by atoms with Crippen LogP contribution in [0, 0.1) is 0 Å². The van der Waals surface area contributed by atoms with Crippen molar-refractivity contribution in [2.24, 2.45) is 0 Å². The predicted octanol–water partition coefficient (Wildman–Crippen LogP) is 4.50. The summed E-state index contributed by atoms with van der Waals surface area (Å²) in [5.41, 5.74) is 0.371. The van der Waals surface area contributed by atoms with Gasteiger partial charge in [-0.25, -0.2) is 4.79 Å². The van der Waals surface area contributed by atoms with Crippen molar-refractivity contribution >= 4 is 5.97 Å². The minimum Gasteiger partial charge on any atom is -0.504 e. The van der Waals surface area contributed by atoms with E-state index in [0.717, 1.165) is 45.3 Å². The van der Waals surface area contributed by atoms with E-state index in [-0.39, 0.29) is 5.56 Å². The fourth-order valence-electron chi connectivity index (χ4n) is 2.68. The van der Waals surface area contributed by atoms with Gasteiger partial charge in [0.2, 0.25) is 0 Å². The lowest BCUT2D eigenvalue weighted by Gasteiger charge is -2.09. The number of aryl methyl sites for hydroxylation is 1. The van der Waals surface area contributed by atoms with Crippen LogP contribution in [0.3, 0.4) is 0 Å². The average molecular weight is 338 g/mol. The molecule has 24 heavy (non-hydrogen) atoms. The number of ether oxygens (including phenoxy) is 1. The van der Waals surface area contributed by atoms with E-state index in [1.165, 1.54) is 25.3 Å². The SMILES string of the molecule is CCCCCCOCCCCCCc1ccc(O)c(O)c1C(=O)O. The van der Waals surface area contributed by atoms with E-state index in [9.17, 15) is 15.0 Å². The van der Waals surface area contributed by atoms with Gasteiger partial charge in [0.1, 0.15) is 5.56 Å². The van der Waals surface area contributed by atoms with Gasteiger partial charge in [0.15, 0.2) is 11.5 Å². The quantitative estimate of drug-likeness (QED) is 0.364. The molecular weight excluding hydrogens is 308 g/mol. The van der Waals surface area contributed by atoms with Gasteiger partial charge in [-0.2, -0.15) is 0 Å². The Kier molecular flexibility index (Phi) is 9.92. The molecule has 0 aromatic heterocycles. The van der Waals surface area contributed by atoms with E-state index in [1.807, 2.05) is 0 Å². The first kappa shape index (κ1) is 20.3. The smallest absolute Gasteiger partial charge is 0.339 e. The topological polar surface area (TPSA) is 87.0 Å². The van der Waals surface area contributed by atoms with Crippen molar-refractivity contribution in [3.63, 3.8) is 0 Å². The number of phenols is 2. The van der Waals surface area contributed by atoms with Crippen LogP contribution in [-0.2, 0) is 11.2 Å². The monoisotopic (exact) mass is 338 g/mol. The van der Waals surface area contributed by atoms with Crippen molar-refractivity contribution in [3.8, 4) is 11.5 Å². The van der Waals surface area contributed by atoms with Crippen LogP contribution >= 0.6 is 0 Å². The Morgan fingerprint density at radius 2 is 1.58 bits per heavy atom. The number of carbonyl (C=O) groups is 1. The van der Waals surface area contributed by atoms with Gasteiger partial charge in [0, 0.05) is 13.2 Å². The molecule has 0 radical (unpaired) electrons. The number of carboxylic acids is 1. The third kappa shape index (κ3) is 7.21. The highest BCUT2D eigenvalue weighted by Gasteiger charge is 2.18. The molecule has 1 aromatic rings. The van der Waals surface area contributed by atoms with Crippen LogP contribution in [0.1, 0.15) is 74.2 Å². The Balaban J connectivity index is 2.18. The second kappa shape index (κ2) is 11.7. The summed E-state index contributed by atoms with van der Waals surface area (Å²) in [6, 6.07) is 2.90. The number of hydrogen-bond donors (Lipinski definition) is 3. The van der Waals surface area contributed by atoms with E-state index in [1.54, 1.807) is 6.07 Å². The van der Waals surface area contributed by atoms with Gasteiger partial charge >= 0.3 is 5.97 Å². The summed E-state index contributed by atoms with van der Waals surface area (Å²) in [4.78, 5) is 11.2. The largest absolute Gasteiger partial charge is 0.504 e. The second-order valence-electron chi connectivity index (χ2n) is 6.11. The maximum Gasteiger partial charge on any atom is 0.339 e. The van der Waals surface area contributed by atoms with Gasteiger partial charge in [-0.05, 0) is 37.3 Å². The van der Waals surface area contributed by atoms with Gasteiger partial charge in [0.25, 0.3) is 0 Å². The van der Waals surface area contributed by atoms with Crippen molar-refractivity contribution in [1.82, 2.24) is 0 Å². The van der Waals surface area contributed by atoms with Crippen molar-refractivity contribution in [1.29, 1.82) is 0 Å². The molecule has 0 saturated carbocycles. The van der Waals surface area contributed by atoms with Gasteiger partial charge in [-0.3, -0.25) is 0 Å². The zero-order chi connectivity index (χ0) is 17.8. The highest BCUT2D eigenvalue weighted by Crippen LogP contribution is 2.32. The van der Waals surface area contributed by atoms with Crippen molar-refractivity contribution < 1.29 is 24.9 Å². The van der Waals surface area contributed by atoms with Crippen LogP contribution in [0.25, 0.3) is 0 Å². The molecule has 0 saturated heterocycles. The highest BCUT2D eigenvalue weighted by atomic mass is 16.5. The molecule has 0 atom stereocenters. The molecule has 5 nitrogen and oxygen atoms in total. The molecule has 0 heterocycles. The first-order valence-corrected chi connectivity index (χ1v) is 8.92. The molecule has 0 bridgehead atoms. The molecule has 0 unspecified atom stereocenters. The van der Waals surface area contributed by atoms with Crippen molar-refractivity contribution in [2.45, 2.75) is 64.7 Å². The molecule has 136 valence electrons. The summed E-state index contributed by atoms with van der Waals surface area (Å²) in [6.45, 7) is 3.82. The minimum atomic E-state index is -1.21. The molecule has 0 aliphatic rings. The Bertz CT molecular complexity index is 499. The number of aromatic carboxylic acids is 1. The van der Waals surface area contributed by atoms with Crippen LogP contribution in [-0.4, -0.2) is 34.5 Å². The van der Waals surface area contributed by atoms with Crippen LogP contribution in [0.5, 0.6) is 11.5 Å². The van der Waals surface area contributed by atoms with Gasteiger partial charge in [0.05, 0.1) is 0 Å². The molecule has 5 heteroatoms. The lowest BCUT2D eigenvalue weighted by atomic mass is 9.99. The highest BCUT2D eigenvalue weighted by molar-refractivity contribution is 5.93. The number of unbranched alkanes of at least 4 members (excludes halogenated alkanes) is 6. The average Bonchev–Trinajstić information content (AvgIpc) is 2.55. The lowest BCUT2D eigenvalue weighted by molar-refractivity contribution is 0.0691. The first-order chi connectivity index (χ1) is 11.6. The van der Waals surface area contributed by atoms with Crippen LogP contribution in [0.4, 0.5) is 0 Å². The number of benzene rings is 1. The summed E-state index contributed by atoms with van der Waals surface area (Å²) < 4.78 is 5.59. The molecule has 1 rings (SSSR count). The minimum absolute atomic E-state index is 0.189. The molecule has 0 aliphatic heterocycles. The number of phenolic OH excluding ortho intramolecular Hbond substituents is 1. The number of carboxylic acid groups (broad SMARTS) is 1. The summed E-state index contributed by atoms with van der Waals surface area (Å²) in [5, 5.41) is 28.2. The standard InChI is InChI=1S/C19H30O5/c1-2-3-4-8-13-24-14-9-6-5-7-10-15-11-12-16(20)18(21)17(15)19(22)23/h11-12,20-21H,2-10,13-14H2,1H3,(H,22,23). The fraction of sp³-hybridized carbons (Fsp3) is 0.632. The zero-order valence-electron chi connectivity index (χ0n) is 14.6. The molecular formula is C19H30O5. The zero-order valence-corrected chi connectivity index (χ0v) is 14.6. The fourth-order valence-corrected chi connectivity index (χ4v) is 2.68. The Morgan fingerprint density at radius 3 is 2.21 bits per heavy atom. The third-order valence-corrected chi connectivity index (χ3v) is 4.08. The summed E-state index contributed by atoms with van der Waals surface area (Å²) >= 11 is 0. The van der Waals surface area contributed by atoms with Crippen molar-refractivity contribution in [2.75, 3.05) is 13.2 Å². The summed E-state index contributed by atoms with van der Waals surface area (Å²) in [7, 11) is 0. The van der Waals surface area contributed by atoms with Crippen LogP contribution in [0.15, 0.2) is 12.1 Å². The van der Waals surface area contributed by atoms with Gasteiger partial charge in [-0.15, -0.1) is 0 Å². The molecule has 0 amide bonds. The van der Waals surface area contributed by atoms with E-state index in [2.05, 4.69) is 6.92 Å². The van der Waals surface area contributed by atoms with Crippen molar-refractivity contribution in [3.05, 3.63) is 23.3 Å². The number of hydrogen-bond acceptors (Lipinski definition) is 4. The van der Waals surface area contributed by atoms with Gasteiger partial charge in [-0.1, -0.05) is 45.1 Å². The molecule has 0 fully saturated rings. The maximum atomic E-state index is 11.2. The van der Waals surface area contributed by atoms with E-state index in [4.69, 9.17) is 9.84 Å². The van der Waals surface area contributed by atoms with E-state index in [0.29, 0.717) is 12.0 Å². The molecule has 0 spiro atoms. The third-order valence-electron chi connectivity index (χ3n) is 4.08. The van der Waals surface area contributed by atoms with E-state index >= 15 is 0 Å². The number of aromatic hydroxyl groups is 2. The Hall–Kier alpha value is -1.75. The summed E-state index contributed by atoms with van der Waals surface area (Å²) in [5.74, 6) is -2.15. The first-order valence-electron chi connectivity index (χ1n) is 8.92. The van der Waals surface area contributed by atoms with E-state index < -0.39 is 17.5 Å². The molecule has 0 aliphatic carbocycles. The van der Waals surface area contributed by atoms with Gasteiger partial charge < -0.3 is 20.1 Å². The lowest BCUT2D eigenvalue weighted by Crippen LogP contribution is -2.03. The van der Waals surface area contributed by atoms with Crippen LogP contribution in [0.2, 0.25) is 0 Å². The Labute approximate surface area is 144 Å². The number of rotatable bonds is 13.